The molecule has 2 aromatic heterocycles. The molecule has 0 bridgehead atoms. The summed E-state index contributed by atoms with van der Waals surface area (Å²) in [5.74, 6) is 0.911. The topological polar surface area (TPSA) is 42.2 Å². The predicted molar refractivity (Wildman–Crippen MR) is 257 cm³/mol. The van der Waals surface area contributed by atoms with Gasteiger partial charge in [0, 0.05) is 51.3 Å². The maximum atomic E-state index is 6.74. The Morgan fingerprint density at radius 3 is 1.84 bits per heavy atom. The van der Waals surface area contributed by atoms with Crippen LogP contribution in [0.2, 0.25) is 0 Å². The van der Waals surface area contributed by atoms with E-state index in [2.05, 4.69) is 229 Å². The Morgan fingerprint density at radius 1 is 0.500 bits per heavy atom. The van der Waals surface area contributed by atoms with Crippen LogP contribution in [0, 0.1) is 0 Å². The van der Waals surface area contributed by atoms with Crippen molar-refractivity contribution in [3.8, 4) is 33.6 Å². The van der Waals surface area contributed by atoms with Crippen molar-refractivity contribution in [2.75, 3.05) is 4.90 Å². The quantitative estimate of drug-likeness (QED) is 0.146. The van der Waals surface area contributed by atoms with E-state index in [1.54, 1.807) is 0 Å². The van der Waals surface area contributed by atoms with Crippen molar-refractivity contribution in [2.24, 2.45) is 0 Å². The molecule has 0 aliphatic heterocycles. The smallest absolute Gasteiger partial charge is 0.160 e. The van der Waals surface area contributed by atoms with Crippen LogP contribution in [-0.4, -0.2) is 9.97 Å². The van der Waals surface area contributed by atoms with Crippen LogP contribution in [0.3, 0.4) is 0 Å². The van der Waals surface area contributed by atoms with Crippen LogP contribution in [0.15, 0.2) is 229 Å². The van der Waals surface area contributed by atoms with Crippen molar-refractivity contribution in [1.29, 1.82) is 0 Å². The lowest BCUT2D eigenvalue weighted by molar-refractivity contribution is 0.669. The second kappa shape index (κ2) is 16.3. The van der Waals surface area contributed by atoms with Crippen LogP contribution >= 0.6 is 0 Å². The molecule has 296 valence electrons. The number of furan rings is 1. The van der Waals surface area contributed by atoms with Gasteiger partial charge in [0.15, 0.2) is 5.82 Å². The molecule has 62 heavy (non-hydrogen) atoms. The van der Waals surface area contributed by atoms with E-state index in [9.17, 15) is 0 Å². The molecular formula is C58H43N3O. The van der Waals surface area contributed by atoms with Gasteiger partial charge in [-0.15, -0.1) is 0 Å². The Kier molecular flexibility index (Phi) is 9.79. The number of para-hydroxylation sites is 1. The van der Waals surface area contributed by atoms with Crippen molar-refractivity contribution in [3.63, 3.8) is 0 Å². The number of hydrogen-bond donors (Lipinski definition) is 0. The highest BCUT2D eigenvalue weighted by atomic mass is 16.3. The zero-order valence-electron chi connectivity index (χ0n) is 34.2. The van der Waals surface area contributed by atoms with Gasteiger partial charge in [-0.25, -0.2) is 9.97 Å². The molecular weight excluding hydrogens is 755 g/mol. The highest BCUT2D eigenvalue weighted by Gasteiger charge is 2.26. The number of allylic oxidation sites excluding steroid dienone is 8. The first-order valence-electron chi connectivity index (χ1n) is 21.5. The van der Waals surface area contributed by atoms with E-state index in [-0.39, 0.29) is 11.8 Å². The fourth-order valence-corrected chi connectivity index (χ4v) is 9.04. The lowest BCUT2D eigenvalue weighted by Crippen LogP contribution is -2.13. The van der Waals surface area contributed by atoms with E-state index in [4.69, 9.17) is 14.4 Å². The molecule has 2 atom stereocenters. The normalized spacial score (nSPS) is 15.8. The van der Waals surface area contributed by atoms with E-state index >= 15 is 0 Å². The van der Waals surface area contributed by atoms with Gasteiger partial charge in [-0.2, -0.15) is 0 Å². The Hall–Kier alpha value is -7.82. The summed E-state index contributed by atoms with van der Waals surface area (Å²) >= 11 is 0. The Bertz CT molecular complexity index is 3160. The predicted octanol–water partition coefficient (Wildman–Crippen LogP) is 15.6. The summed E-state index contributed by atoms with van der Waals surface area (Å²) < 4.78 is 6.74. The summed E-state index contributed by atoms with van der Waals surface area (Å²) in [5.41, 5.74) is 14.8. The van der Waals surface area contributed by atoms with Crippen molar-refractivity contribution >= 4 is 44.6 Å². The molecule has 0 saturated heterocycles. The molecule has 7 aromatic carbocycles. The summed E-state index contributed by atoms with van der Waals surface area (Å²) in [7, 11) is 0. The first-order valence-corrected chi connectivity index (χ1v) is 21.5. The molecule has 2 unspecified atom stereocenters. The molecule has 0 amide bonds. The summed E-state index contributed by atoms with van der Waals surface area (Å²) in [5, 5.41) is 2.04. The van der Waals surface area contributed by atoms with Crippen LogP contribution < -0.4 is 4.90 Å². The molecule has 0 saturated carbocycles. The van der Waals surface area contributed by atoms with E-state index in [0.29, 0.717) is 5.82 Å². The molecule has 4 nitrogen and oxygen atoms in total. The van der Waals surface area contributed by atoms with Gasteiger partial charge in [0.25, 0.3) is 0 Å². The summed E-state index contributed by atoms with van der Waals surface area (Å²) in [6, 6.07) is 64.4. The number of nitrogens with zero attached hydrogens (tertiary/aromatic N) is 3. The molecule has 0 spiro atoms. The van der Waals surface area contributed by atoms with Crippen molar-refractivity contribution < 1.29 is 4.42 Å². The van der Waals surface area contributed by atoms with Gasteiger partial charge in [-0.05, 0) is 94.8 Å². The maximum Gasteiger partial charge on any atom is 0.160 e. The van der Waals surface area contributed by atoms with Crippen LogP contribution in [0.5, 0.6) is 0 Å². The third-order valence-electron chi connectivity index (χ3n) is 12.1. The van der Waals surface area contributed by atoms with Crippen molar-refractivity contribution in [3.05, 3.63) is 241 Å². The summed E-state index contributed by atoms with van der Waals surface area (Å²) in [4.78, 5) is 13.0. The van der Waals surface area contributed by atoms with Crippen LogP contribution in [0.4, 0.5) is 17.1 Å². The van der Waals surface area contributed by atoms with Gasteiger partial charge >= 0.3 is 0 Å². The first kappa shape index (κ1) is 37.2. The van der Waals surface area contributed by atoms with Crippen molar-refractivity contribution in [2.45, 2.75) is 24.7 Å². The number of aromatic nitrogens is 2. The van der Waals surface area contributed by atoms with Gasteiger partial charge < -0.3 is 9.32 Å². The Balaban J connectivity index is 0.983. The molecule has 9 aromatic rings. The third-order valence-corrected chi connectivity index (χ3v) is 12.1. The number of benzene rings is 7. The maximum absolute atomic E-state index is 6.74. The highest BCUT2D eigenvalue weighted by Crippen LogP contribution is 2.43. The molecule has 0 N–H and O–H groups in total. The fourth-order valence-electron chi connectivity index (χ4n) is 9.04. The number of hydrogen-bond acceptors (Lipinski definition) is 4. The first-order chi connectivity index (χ1) is 30.7. The number of fused-ring (bicyclic) bond motifs is 3. The highest BCUT2D eigenvalue weighted by molar-refractivity contribution is 6.12. The monoisotopic (exact) mass is 797 g/mol. The van der Waals surface area contributed by atoms with Crippen LogP contribution in [0.25, 0.3) is 61.2 Å². The van der Waals surface area contributed by atoms with Crippen LogP contribution in [0.1, 0.15) is 41.6 Å². The largest absolute Gasteiger partial charge is 0.456 e. The number of anilines is 3. The average molecular weight is 798 g/mol. The Morgan fingerprint density at radius 2 is 1.13 bits per heavy atom. The van der Waals surface area contributed by atoms with E-state index in [1.165, 1.54) is 27.8 Å². The molecule has 11 rings (SSSR count). The van der Waals surface area contributed by atoms with E-state index in [0.717, 1.165) is 74.4 Å². The SMILES string of the molecule is C1=CC(c2ccccc2)C(c2cc(C3=CCCC=C3)nc(-c3cccc4oc5cc(N(c6ccccc6)c6ccc(-c7ccc(-c8ccccc8)cc7)cc6)ccc5c34)n2)C=C1. The number of rotatable bonds is 9. The van der Waals surface area contributed by atoms with Gasteiger partial charge in [0.2, 0.25) is 0 Å². The molecule has 2 aliphatic rings. The molecule has 2 aliphatic carbocycles. The summed E-state index contributed by atoms with van der Waals surface area (Å²) in [6.07, 6.45) is 17.6. The van der Waals surface area contributed by atoms with Crippen molar-refractivity contribution in [1.82, 2.24) is 9.97 Å². The minimum Gasteiger partial charge on any atom is -0.456 e. The van der Waals surface area contributed by atoms with E-state index in [1.807, 2.05) is 0 Å². The van der Waals surface area contributed by atoms with Crippen LogP contribution in [-0.2, 0) is 0 Å². The van der Waals surface area contributed by atoms with Gasteiger partial charge in [-0.1, -0.05) is 170 Å². The second-order valence-electron chi connectivity index (χ2n) is 16.0. The van der Waals surface area contributed by atoms with E-state index < -0.39 is 0 Å². The van der Waals surface area contributed by atoms with Gasteiger partial charge in [0.05, 0.1) is 11.4 Å². The third kappa shape index (κ3) is 7.16. The molecule has 4 heteroatoms. The van der Waals surface area contributed by atoms with Gasteiger partial charge in [0.1, 0.15) is 11.2 Å². The standard InChI is InChI=1S/C58H43N3O/c1-5-16-40(17-6-1)41-28-30-42(31-29-41)43-32-34-47(35-33-43)61(46-22-11-4-12-23-46)48-36-37-51-56(38-48)62-55-27-15-26-52(57(51)55)58-59-53(45-20-9-3-10-21-45)39-54(60-58)50-25-14-13-24-49(50)44-18-7-2-8-19-44/h1-2,4-9,11-39,49-50H,3,10H2. The minimum absolute atomic E-state index is 0.0529. The molecule has 2 heterocycles. The second-order valence-corrected chi connectivity index (χ2v) is 16.0. The zero-order valence-corrected chi connectivity index (χ0v) is 34.2. The lowest BCUT2D eigenvalue weighted by Gasteiger charge is -2.25. The molecule has 0 fully saturated rings. The molecule has 0 radical (unpaired) electrons. The minimum atomic E-state index is 0.0529. The lowest BCUT2D eigenvalue weighted by atomic mass is 9.80. The zero-order chi connectivity index (χ0) is 41.2. The van der Waals surface area contributed by atoms with Gasteiger partial charge in [-0.3, -0.25) is 0 Å². The summed E-state index contributed by atoms with van der Waals surface area (Å²) in [6.45, 7) is 0. The fraction of sp³-hybridized carbons (Fsp3) is 0.0690. The Labute approximate surface area is 362 Å². The average Bonchev–Trinajstić information content (AvgIpc) is 3.74.